The molecule has 4 aromatic rings. The number of halogens is 5. The molecule has 3 heterocycles. The maximum Gasteiger partial charge on any atom is 0.417 e. The van der Waals surface area contributed by atoms with E-state index < -0.39 is 35.4 Å². The summed E-state index contributed by atoms with van der Waals surface area (Å²) in [7, 11) is 5.98. The van der Waals surface area contributed by atoms with E-state index in [4.69, 9.17) is 14.0 Å². The number of benzene rings is 2. The first-order valence-corrected chi connectivity index (χ1v) is 14.9. The van der Waals surface area contributed by atoms with E-state index in [0.717, 1.165) is 12.1 Å². The third-order valence-electron chi connectivity index (χ3n) is 7.25. The Bertz CT molecular complexity index is 1760. The topological polar surface area (TPSA) is 106 Å². The largest absolute Gasteiger partial charge is 0.494 e. The maximum absolute atomic E-state index is 14.5. The van der Waals surface area contributed by atoms with Crippen molar-refractivity contribution in [2.45, 2.75) is 38.5 Å². The van der Waals surface area contributed by atoms with Gasteiger partial charge in [0.15, 0.2) is 17.4 Å². The Labute approximate surface area is 267 Å². The molecule has 250 valence electrons. The monoisotopic (exact) mass is 661 g/mol. The molecule has 15 heteroatoms. The number of carbonyl (C=O) groups excluding carboxylic acids is 1. The molecule has 2 aromatic carbocycles. The zero-order valence-corrected chi connectivity index (χ0v) is 26.2. The number of hydrogen-bond donors (Lipinski definition) is 1. The first-order chi connectivity index (χ1) is 22.2. The third-order valence-corrected chi connectivity index (χ3v) is 7.25. The van der Waals surface area contributed by atoms with Crippen LogP contribution >= 0.6 is 0 Å². The Kier molecular flexibility index (Phi) is 9.65. The molecule has 0 bridgehead atoms. The summed E-state index contributed by atoms with van der Waals surface area (Å²) in [6.07, 6.45) is -2.26. The number of esters is 1. The van der Waals surface area contributed by atoms with E-state index in [0.29, 0.717) is 35.3 Å². The highest BCUT2D eigenvalue weighted by molar-refractivity contribution is 5.82. The molecule has 0 amide bonds. The number of fused-ring (bicyclic) bond motifs is 1. The predicted octanol–water partition coefficient (Wildman–Crippen LogP) is 6.35. The summed E-state index contributed by atoms with van der Waals surface area (Å²) in [5.41, 5.74) is -0.772. The summed E-state index contributed by atoms with van der Waals surface area (Å²) in [5.74, 6) is -2.92. The minimum absolute atomic E-state index is 0.0488. The van der Waals surface area contributed by atoms with Crippen molar-refractivity contribution < 1.29 is 45.2 Å². The van der Waals surface area contributed by atoms with Crippen molar-refractivity contribution in [2.24, 2.45) is 5.10 Å². The van der Waals surface area contributed by atoms with Crippen LogP contribution in [-0.4, -0.2) is 77.7 Å². The molecule has 0 spiro atoms. The molecular formula is C32H34F5N6O4+. The number of ether oxygens (including phenoxy) is 2. The fourth-order valence-corrected chi connectivity index (χ4v) is 4.97. The Morgan fingerprint density at radius 2 is 1.89 bits per heavy atom. The van der Waals surface area contributed by atoms with Crippen molar-refractivity contribution in [3.8, 4) is 28.4 Å². The molecule has 0 aliphatic carbocycles. The van der Waals surface area contributed by atoms with E-state index in [1.54, 1.807) is 0 Å². The van der Waals surface area contributed by atoms with E-state index in [1.165, 1.54) is 41.6 Å². The first-order valence-electron chi connectivity index (χ1n) is 14.9. The standard InChI is InChI=1S/C32H34F5N6O4/c1-5-13-45-19-10-11-20(22(15-19)32(35,36)37)24-16-27(47-41-24)29(31(44)46-14-7-12-43(2,3)4)42-18-26-25(17-38-42)39-30(40-26)21-8-6-9-23(33)28(21)34/h6,8-11,15-17,29H,5,7,12-14,18H2,1-4H3,(H,39,40)/q+1. The van der Waals surface area contributed by atoms with Crippen LogP contribution in [0.5, 0.6) is 5.75 Å². The van der Waals surface area contributed by atoms with Gasteiger partial charge in [0.25, 0.3) is 0 Å². The molecular weight excluding hydrogens is 627 g/mol. The number of hydrogen-bond acceptors (Lipinski definition) is 8. The normalized spacial score (nSPS) is 13.9. The van der Waals surface area contributed by atoms with Crippen LogP contribution in [0.25, 0.3) is 22.6 Å². The van der Waals surface area contributed by atoms with Crippen molar-refractivity contribution in [3.63, 3.8) is 0 Å². The van der Waals surface area contributed by atoms with Gasteiger partial charge in [0.1, 0.15) is 23.0 Å². The van der Waals surface area contributed by atoms with Crippen molar-refractivity contribution >= 4 is 12.2 Å². The lowest BCUT2D eigenvalue weighted by Gasteiger charge is -2.28. The highest BCUT2D eigenvalue weighted by atomic mass is 19.4. The number of aromatic amines is 1. The van der Waals surface area contributed by atoms with Gasteiger partial charge >= 0.3 is 12.1 Å². The van der Waals surface area contributed by atoms with Gasteiger partial charge in [-0.2, -0.15) is 18.3 Å². The van der Waals surface area contributed by atoms with Crippen molar-refractivity contribution in [1.29, 1.82) is 0 Å². The van der Waals surface area contributed by atoms with Gasteiger partial charge in [0, 0.05) is 18.1 Å². The van der Waals surface area contributed by atoms with Gasteiger partial charge in [0.2, 0.25) is 6.04 Å². The van der Waals surface area contributed by atoms with Gasteiger partial charge in [0.05, 0.1) is 70.5 Å². The number of aromatic nitrogens is 3. The second-order valence-electron chi connectivity index (χ2n) is 12.0. The minimum atomic E-state index is -4.74. The number of quaternary nitrogens is 1. The summed E-state index contributed by atoms with van der Waals surface area (Å²) in [4.78, 5) is 20.8. The number of carbonyl (C=O) groups is 1. The summed E-state index contributed by atoms with van der Waals surface area (Å²) in [6.45, 7) is 2.78. The summed E-state index contributed by atoms with van der Waals surface area (Å²) < 4.78 is 87.8. The molecule has 1 atom stereocenters. The second kappa shape index (κ2) is 13.5. The summed E-state index contributed by atoms with van der Waals surface area (Å²) in [5, 5.41) is 9.51. The Balaban J connectivity index is 1.46. The number of rotatable bonds is 12. The van der Waals surface area contributed by atoms with E-state index in [-0.39, 0.29) is 53.9 Å². The maximum atomic E-state index is 14.5. The van der Waals surface area contributed by atoms with Crippen LogP contribution in [0, 0.1) is 11.6 Å². The number of nitrogens with zero attached hydrogens (tertiary/aromatic N) is 5. The van der Waals surface area contributed by atoms with Crippen LogP contribution in [-0.2, 0) is 22.3 Å². The molecule has 0 fully saturated rings. The quantitative estimate of drug-likeness (QED) is 0.0817. The van der Waals surface area contributed by atoms with E-state index in [2.05, 4.69) is 20.2 Å². The van der Waals surface area contributed by atoms with Crippen LogP contribution in [0.2, 0.25) is 0 Å². The molecule has 0 saturated heterocycles. The van der Waals surface area contributed by atoms with Crippen LogP contribution in [0.1, 0.15) is 48.5 Å². The Morgan fingerprint density at radius 1 is 1.11 bits per heavy atom. The molecule has 0 saturated carbocycles. The Hall–Kier alpha value is -4.79. The molecule has 0 radical (unpaired) electrons. The van der Waals surface area contributed by atoms with Gasteiger partial charge in [-0.05, 0) is 36.8 Å². The minimum Gasteiger partial charge on any atom is -0.494 e. The van der Waals surface area contributed by atoms with Crippen molar-refractivity contribution in [2.75, 3.05) is 40.9 Å². The van der Waals surface area contributed by atoms with Crippen molar-refractivity contribution in [3.05, 3.63) is 76.8 Å². The molecule has 2 aromatic heterocycles. The van der Waals surface area contributed by atoms with E-state index in [1.807, 2.05) is 28.1 Å². The van der Waals surface area contributed by atoms with Gasteiger partial charge in [-0.25, -0.2) is 18.6 Å². The smallest absolute Gasteiger partial charge is 0.417 e. The molecule has 1 aliphatic rings. The zero-order chi connectivity index (χ0) is 33.9. The zero-order valence-electron chi connectivity index (χ0n) is 26.2. The van der Waals surface area contributed by atoms with Gasteiger partial charge in [-0.1, -0.05) is 18.1 Å². The second-order valence-corrected chi connectivity index (χ2v) is 12.0. The molecule has 10 nitrogen and oxygen atoms in total. The third kappa shape index (κ3) is 7.79. The molecule has 47 heavy (non-hydrogen) atoms. The predicted molar refractivity (Wildman–Crippen MR) is 161 cm³/mol. The number of hydrazone groups is 1. The molecule has 1 aliphatic heterocycles. The molecule has 1 N–H and O–H groups in total. The van der Waals surface area contributed by atoms with Crippen LogP contribution in [0.15, 0.2) is 52.1 Å². The number of H-pyrrole nitrogens is 1. The Morgan fingerprint density at radius 3 is 2.62 bits per heavy atom. The van der Waals surface area contributed by atoms with Crippen LogP contribution in [0.4, 0.5) is 22.0 Å². The summed E-state index contributed by atoms with van der Waals surface area (Å²) in [6, 6.07) is 7.11. The number of nitrogens with one attached hydrogen (secondary N) is 1. The highest BCUT2D eigenvalue weighted by Gasteiger charge is 2.38. The summed E-state index contributed by atoms with van der Waals surface area (Å²) >= 11 is 0. The lowest BCUT2D eigenvalue weighted by molar-refractivity contribution is -0.870. The van der Waals surface area contributed by atoms with Crippen LogP contribution in [0.3, 0.4) is 0 Å². The average molecular weight is 662 g/mol. The van der Waals surface area contributed by atoms with E-state index in [9.17, 15) is 26.7 Å². The fraction of sp³-hybridized carbons (Fsp3) is 0.375. The van der Waals surface area contributed by atoms with Crippen molar-refractivity contribution in [1.82, 2.24) is 20.1 Å². The SMILES string of the molecule is CCCOc1ccc(-c2cc(C(C(=O)OCCC[N+](C)(C)C)N3Cc4[nH]c(-c5cccc(F)c5F)nc4C=N3)on2)c(C(F)(F)F)c1. The van der Waals surface area contributed by atoms with E-state index >= 15 is 0 Å². The molecule has 5 rings (SSSR count). The number of imidazole rings is 1. The van der Waals surface area contributed by atoms with Gasteiger partial charge in [-0.3, -0.25) is 5.01 Å². The average Bonchev–Trinajstić information content (AvgIpc) is 3.66. The van der Waals surface area contributed by atoms with Crippen LogP contribution < -0.4 is 4.74 Å². The van der Waals surface area contributed by atoms with Gasteiger partial charge in [-0.15, -0.1) is 0 Å². The highest BCUT2D eigenvalue weighted by Crippen LogP contribution is 2.40. The molecule has 1 unspecified atom stereocenters. The lowest BCUT2D eigenvalue weighted by atomic mass is 10.0. The number of alkyl halides is 3. The lowest BCUT2D eigenvalue weighted by Crippen LogP contribution is -2.36. The first kappa shape index (κ1) is 33.6. The van der Waals surface area contributed by atoms with Gasteiger partial charge < -0.3 is 23.5 Å². The fourth-order valence-electron chi connectivity index (χ4n) is 4.97.